The molecule has 60 valence electrons. The maximum Gasteiger partial charge on any atom is 0.215 e. The molecule has 2 unspecified atom stereocenters. The van der Waals surface area contributed by atoms with Crippen LogP contribution < -0.4 is 5.73 Å². The van der Waals surface area contributed by atoms with Crippen molar-refractivity contribution >= 4 is 11.6 Å². The van der Waals surface area contributed by atoms with E-state index in [0.717, 1.165) is 0 Å². The Balaban J connectivity index is 2.66. The zero-order valence-electron chi connectivity index (χ0n) is 6.25. The highest BCUT2D eigenvalue weighted by Crippen LogP contribution is 2.21. The van der Waals surface area contributed by atoms with Crippen LogP contribution in [-0.2, 0) is 9.59 Å². The third kappa shape index (κ3) is 1.38. The Bertz CT molecular complexity index is 210. The average molecular weight is 153 g/mol. The van der Waals surface area contributed by atoms with E-state index in [1.807, 2.05) is 0 Å². The zero-order chi connectivity index (χ0) is 8.43. The minimum atomic E-state index is -0.583. The second-order valence-corrected chi connectivity index (χ2v) is 2.80. The maximum atomic E-state index is 10.9. The minimum Gasteiger partial charge on any atom is -0.321 e. The molecule has 1 aliphatic rings. The molecule has 0 bridgehead atoms. The Morgan fingerprint density at radius 2 is 2.27 bits per heavy atom. The summed E-state index contributed by atoms with van der Waals surface area (Å²) >= 11 is 0. The van der Waals surface area contributed by atoms with E-state index < -0.39 is 11.8 Å². The molecule has 0 aromatic heterocycles. The van der Waals surface area contributed by atoms with Gasteiger partial charge in [-0.15, -0.1) is 6.58 Å². The molecule has 0 radical (unpaired) electrons. The van der Waals surface area contributed by atoms with E-state index in [0.29, 0.717) is 12.8 Å². The predicted molar refractivity (Wildman–Crippen MR) is 40.9 cm³/mol. The van der Waals surface area contributed by atoms with Crippen molar-refractivity contribution < 1.29 is 9.59 Å². The van der Waals surface area contributed by atoms with Crippen LogP contribution in [-0.4, -0.2) is 17.6 Å². The standard InChI is InChI=1S/C8H11NO2/c1-2-3-5-4-6(10)8(11)7(5)9/h2,5,7H,1,3-4,9H2. The highest BCUT2D eigenvalue weighted by molar-refractivity contribution is 6.41. The number of hydrogen-bond donors (Lipinski definition) is 1. The third-order valence-electron chi connectivity index (χ3n) is 2.00. The molecule has 1 fully saturated rings. The Morgan fingerprint density at radius 1 is 1.64 bits per heavy atom. The molecule has 0 aliphatic heterocycles. The molecule has 1 rings (SSSR count). The number of carbonyl (C=O) groups is 2. The number of nitrogens with two attached hydrogens (primary N) is 1. The van der Waals surface area contributed by atoms with Gasteiger partial charge in [-0.05, 0) is 12.3 Å². The molecular formula is C8H11NO2. The average Bonchev–Trinajstić information content (AvgIpc) is 2.19. The molecule has 0 amide bonds. The van der Waals surface area contributed by atoms with Gasteiger partial charge < -0.3 is 5.73 Å². The first kappa shape index (κ1) is 8.14. The molecule has 0 heterocycles. The summed E-state index contributed by atoms with van der Waals surface area (Å²) in [4.78, 5) is 21.7. The van der Waals surface area contributed by atoms with E-state index in [4.69, 9.17) is 5.73 Å². The molecule has 0 saturated heterocycles. The van der Waals surface area contributed by atoms with Crippen molar-refractivity contribution in [1.82, 2.24) is 0 Å². The highest BCUT2D eigenvalue weighted by Gasteiger charge is 2.37. The molecule has 0 aromatic rings. The van der Waals surface area contributed by atoms with E-state index in [2.05, 4.69) is 6.58 Å². The number of rotatable bonds is 2. The highest BCUT2D eigenvalue weighted by atomic mass is 16.2. The van der Waals surface area contributed by atoms with Crippen LogP contribution in [0, 0.1) is 5.92 Å². The molecule has 0 spiro atoms. The van der Waals surface area contributed by atoms with Gasteiger partial charge in [0.05, 0.1) is 6.04 Å². The number of allylic oxidation sites excluding steroid dienone is 1. The van der Waals surface area contributed by atoms with Crippen LogP contribution in [0.1, 0.15) is 12.8 Å². The van der Waals surface area contributed by atoms with Gasteiger partial charge in [0.25, 0.3) is 0 Å². The first-order chi connectivity index (χ1) is 5.16. The van der Waals surface area contributed by atoms with Gasteiger partial charge in [0.15, 0.2) is 5.78 Å². The van der Waals surface area contributed by atoms with Gasteiger partial charge >= 0.3 is 0 Å². The van der Waals surface area contributed by atoms with Gasteiger partial charge in [0, 0.05) is 6.42 Å². The van der Waals surface area contributed by atoms with Crippen molar-refractivity contribution in [2.75, 3.05) is 0 Å². The normalized spacial score (nSPS) is 31.0. The fourth-order valence-corrected chi connectivity index (χ4v) is 1.31. The SMILES string of the molecule is C=CCC1CC(=O)C(=O)C1N. The Morgan fingerprint density at radius 3 is 2.64 bits per heavy atom. The summed E-state index contributed by atoms with van der Waals surface area (Å²) in [5.41, 5.74) is 5.48. The lowest BCUT2D eigenvalue weighted by Gasteiger charge is -2.08. The minimum absolute atomic E-state index is 0.00694. The molecule has 0 aromatic carbocycles. The van der Waals surface area contributed by atoms with Crippen LogP contribution >= 0.6 is 0 Å². The number of carbonyl (C=O) groups excluding carboxylic acids is 2. The molecule has 3 heteroatoms. The second kappa shape index (κ2) is 2.96. The van der Waals surface area contributed by atoms with Gasteiger partial charge in [0.1, 0.15) is 0 Å². The lowest BCUT2D eigenvalue weighted by atomic mass is 10.0. The summed E-state index contributed by atoms with van der Waals surface area (Å²) in [6.45, 7) is 3.53. The first-order valence-corrected chi connectivity index (χ1v) is 3.60. The van der Waals surface area contributed by atoms with E-state index >= 15 is 0 Å². The fourth-order valence-electron chi connectivity index (χ4n) is 1.31. The van der Waals surface area contributed by atoms with Crippen molar-refractivity contribution in [2.45, 2.75) is 18.9 Å². The van der Waals surface area contributed by atoms with Gasteiger partial charge in [-0.3, -0.25) is 9.59 Å². The van der Waals surface area contributed by atoms with Crippen molar-refractivity contribution in [2.24, 2.45) is 11.7 Å². The molecule has 3 nitrogen and oxygen atoms in total. The summed E-state index contributed by atoms with van der Waals surface area (Å²) in [6.07, 6.45) is 2.64. The molecule has 1 saturated carbocycles. The molecule has 2 N–H and O–H groups in total. The number of ketones is 2. The van der Waals surface area contributed by atoms with Crippen LogP contribution in [0.4, 0.5) is 0 Å². The largest absolute Gasteiger partial charge is 0.321 e. The van der Waals surface area contributed by atoms with Gasteiger partial charge in [0.2, 0.25) is 5.78 Å². The molecule has 2 atom stereocenters. The number of hydrogen-bond acceptors (Lipinski definition) is 3. The van der Waals surface area contributed by atoms with Crippen LogP contribution in [0.5, 0.6) is 0 Å². The van der Waals surface area contributed by atoms with E-state index in [1.54, 1.807) is 6.08 Å². The monoisotopic (exact) mass is 153 g/mol. The second-order valence-electron chi connectivity index (χ2n) is 2.80. The summed E-state index contributed by atoms with van der Waals surface area (Å²) in [5, 5.41) is 0. The Kier molecular flexibility index (Phi) is 2.19. The lowest BCUT2D eigenvalue weighted by molar-refractivity contribution is -0.134. The third-order valence-corrected chi connectivity index (χ3v) is 2.00. The van der Waals surface area contributed by atoms with Crippen LogP contribution in [0.25, 0.3) is 0 Å². The van der Waals surface area contributed by atoms with Crippen LogP contribution in [0.3, 0.4) is 0 Å². The molecule has 1 aliphatic carbocycles. The number of Topliss-reactive ketones (excluding diaryl/α,β-unsaturated/α-hetero) is 2. The van der Waals surface area contributed by atoms with Crippen molar-refractivity contribution in [3.63, 3.8) is 0 Å². The van der Waals surface area contributed by atoms with Crippen LogP contribution in [0.15, 0.2) is 12.7 Å². The predicted octanol–water partition coefficient (Wildman–Crippen LogP) is 0.0479. The van der Waals surface area contributed by atoms with Crippen molar-refractivity contribution in [1.29, 1.82) is 0 Å². The van der Waals surface area contributed by atoms with Crippen LogP contribution in [0.2, 0.25) is 0 Å². The molecule has 11 heavy (non-hydrogen) atoms. The maximum absolute atomic E-state index is 10.9. The Hall–Kier alpha value is -0.960. The van der Waals surface area contributed by atoms with Gasteiger partial charge in [-0.2, -0.15) is 0 Å². The smallest absolute Gasteiger partial charge is 0.215 e. The summed E-state index contributed by atoms with van der Waals surface area (Å²) in [5.74, 6) is -0.756. The van der Waals surface area contributed by atoms with Gasteiger partial charge in [-0.25, -0.2) is 0 Å². The topological polar surface area (TPSA) is 60.2 Å². The first-order valence-electron chi connectivity index (χ1n) is 3.60. The van der Waals surface area contributed by atoms with E-state index in [9.17, 15) is 9.59 Å². The summed E-state index contributed by atoms with van der Waals surface area (Å²) in [7, 11) is 0. The van der Waals surface area contributed by atoms with E-state index in [-0.39, 0.29) is 11.7 Å². The summed E-state index contributed by atoms with van der Waals surface area (Å²) < 4.78 is 0. The van der Waals surface area contributed by atoms with Crippen molar-refractivity contribution in [3.8, 4) is 0 Å². The Labute approximate surface area is 65.3 Å². The van der Waals surface area contributed by atoms with Gasteiger partial charge in [-0.1, -0.05) is 6.08 Å². The summed E-state index contributed by atoms with van der Waals surface area (Å²) in [6, 6.07) is -0.583. The van der Waals surface area contributed by atoms with E-state index in [1.165, 1.54) is 0 Å². The lowest BCUT2D eigenvalue weighted by Crippen LogP contribution is -2.32. The zero-order valence-corrected chi connectivity index (χ0v) is 6.25. The van der Waals surface area contributed by atoms with Crippen molar-refractivity contribution in [3.05, 3.63) is 12.7 Å². The molecular weight excluding hydrogens is 142 g/mol. The quantitative estimate of drug-likeness (QED) is 0.450. The fraction of sp³-hybridized carbons (Fsp3) is 0.500.